The summed E-state index contributed by atoms with van der Waals surface area (Å²) in [5.41, 5.74) is 0.667. The standard InChI is InChI=1S/C12H15Cl2NO3/c1-2-18-11(16)8-17-7-6-15-12-9(13)4-3-5-10(12)14/h3-5,15H,2,6-8H2,1H3. The third-order valence-corrected chi connectivity index (χ3v) is 2.67. The molecule has 0 aliphatic heterocycles. The minimum absolute atomic E-state index is 0.0498. The number of hydrogen-bond acceptors (Lipinski definition) is 4. The highest BCUT2D eigenvalue weighted by Crippen LogP contribution is 2.29. The molecular weight excluding hydrogens is 277 g/mol. The van der Waals surface area contributed by atoms with Gasteiger partial charge >= 0.3 is 5.97 Å². The summed E-state index contributed by atoms with van der Waals surface area (Å²) in [6.07, 6.45) is 0. The first-order valence-corrected chi connectivity index (χ1v) is 6.32. The summed E-state index contributed by atoms with van der Waals surface area (Å²) >= 11 is 11.9. The molecule has 0 bridgehead atoms. The fraction of sp³-hybridized carbons (Fsp3) is 0.417. The van der Waals surface area contributed by atoms with Crippen molar-refractivity contribution in [3.63, 3.8) is 0 Å². The molecule has 0 spiro atoms. The number of carbonyl (C=O) groups is 1. The molecule has 1 aromatic carbocycles. The molecule has 0 aliphatic rings. The van der Waals surface area contributed by atoms with E-state index in [9.17, 15) is 4.79 Å². The second-order valence-electron chi connectivity index (χ2n) is 3.38. The van der Waals surface area contributed by atoms with Crippen LogP contribution in [0.15, 0.2) is 18.2 Å². The molecule has 0 fully saturated rings. The maximum absolute atomic E-state index is 11.0. The van der Waals surface area contributed by atoms with Crippen LogP contribution in [-0.2, 0) is 14.3 Å². The van der Waals surface area contributed by atoms with Crippen molar-refractivity contribution in [3.8, 4) is 0 Å². The average molecular weight is 292 g/mol. The van der Waals surface area contributed by atoms with Gasteiger partial charge < -0.3 is 14.8 Å². The van der Waals surface area contributed by atoms with Gasteiger partial charge in [0.15, 0.2) is 0 Å². The van der Waals surface area contributed by atoms with Crippen LogP contribution in [0.4, 0.5) is 5.69 Å². The maximum Gasteiger partial charge on any atom is 0.332 e. The van der Waals surface area contributed by atoms with Gasteiger partial charge in [-0.2, -0.15) is 0 Å². The summed E-state index contributed by atoms with van der Waals surface area (Å²) < 4.78 is 9.84. The number of rotatable bonds is 7. The van der Waals surface area contributed by atoms with Gasteiger partial charge in [0.25, 0.3) is 0 Å². The van der Waals surface area contributed by atoms with Crippen molar-refractivity contribution >= 4 is 34.9 Å². The molecule has 18 heavy (non-hydrogen) atoms. The van der Waals surface area contributed by atoms with Gasteiger partial charge in [-0.3, -0.25) is 0 Å². The Balaban J connectivity index is 2.24. The zero-order valence-electron chi connectivity index (χ0n) is 10.0. The number of ether oxygens (including phenoxy) is 2. The third-order valence-electron chi connectivity index (χ3n) is 2.04. The molecule has 0 unspecified atom stereocenters. The van der Waals surface area contributed by atoms with E-state index >= 15 is 0 Å². The lowest BCUT2D eigenvalue weighted by Crippen LogP contribution is -2.16. The van der Waals surface area contributed by atoms with E-state index in [0.29, 0.717) is 35.5 Å². The van der Waals surface area contributed by atoms with Gasteiger partial charge in [-0.25, -0.2) is 4.79 Å². The molecule has 0 amide bonds. The minimum atomic E-state index is -0.367. The van der Waals surface area contributed by atoms with Crippen molar-refractivity contribution in [1.29, 1.82) is 0 Å². The van der Waals surface area contributed by atoms with E-state index in [1.807, 2.05) is 0 Å². The van der Waals surface area contributed by atoms with Gasteiger partial charge in [-0.05, 0) is 19.1 Å². The molecule has 0 aromatic heterocycles. The molecule has 1 aromatic rings. The fourth-order valence-corrected chi connectivity index (χ4v) is 1.80. The third kappa shape index (κ3) is 5.12. The van der Waals surface area contributed by atoms with Gasteiger partial charge in [0.2, 0.25) is 0 Å². The first kappa shape index (κ1) is 15.1. The number of carbonyl (C=O) groups excluding carboxylic acids is 1. The predicted octanol–water partition coefficient (Wildman–Crippen LogP) is 2.99. The molecule has 0 atom stereocenters. The van der Waals surface area contributed by atoms with Crippen LogP contribution in [0.25, 0.3) is 0 Å². The van der Waals surface area contributed by atoms with Gasteiger partial charge in [-0.15, -0.1) is 0 Å². The SMILES string of the molecule is CCOC(=O)COCCNc1c(Cl)cccc1Cl. The Kier molecular flexibility index (Phi) is 6.86. The van der Waals surface area contributed by atoms with Crippen molar-refractivity contribution < 1.29 is 14.3 Å². The number of anilines is 1. The molecule has 0 saturated carbocycles. The first-order chi connectivity index (χ1) is 8.65. The van der Waals surface area contributed by atoms with E-state index in [4.69, 9.17) is 32.7 Å². The Hall–Kier alpha value is -0.970. The predicted molar refractivity (Wildman–Crippen MR) is 72.4 cm³/mol. The molecule has 1 N–H and O–H groups in total. The second-order valence-corrected chi connectivity index (χ2v) is 4.20. The number of nitrogens with one attached hydrogen (secondary N) is 1. The van der Waals surface area contributed by atoms with Crippen molar-refractivity contribution in [2.24, 2.45) is 0 Å². The van der Waals surface area contributed by atoms with Crippen LogP contribution in [0, 0.1) is 0 Å². The second kappa shape index (κ2) is 8.19. The molecule has 0 aliphatic carbocycles. The van der Waals surface area contributed by atoms with Crippen molar-refractivity contribution in [3.05, 3.63) is 28.2 Å². The number of esters is 1. The number of halogens is 2. The van der Waals surface area contributed by atoms with Gasteiger partial charge in [-0.1, -0.05) is 29.3 Å². The Morgan fingerprint density at radius 2 is 2.00 bits per heavy atom. The Morgan fingerprint density at radius 1 is 1.33 bits per heavy atom. The highest BCUT2D eigenvalue weighted by atomic mass is 35.5. The number of benzene rings is 1. The van der Waals surface area contributed by atoms with Crippen molar-refractivity contribution in [1.82, 2.24) is 0 Å². The minimum Gasteiger partial charge on any atom is -0.464 e. The molecule has 0 heterocycles. The van der Waals surface area contributed by atoms with Crippen LogP contribution < -0.4 is 5.32 Å². The van der Waals surface area contributed by atoms with Gasteiger partial charge in [0.1, 0.15) is 6.61 Å². The summed E-state index contributed by atoms with van der Waals surface area (Å²) in [6.45, 7) is 2.92. The quantitative estimate of drug-likeness (QED) is 0.620. The van der Waals surface area contributed by atoms with E-state index < -0.39 is 0 Å². The summed E-state index contributed by atoms with van der Waals surface area (Å²) in [5, 5.41) is 4.14. The highest BCUT2D eigenvalue weighted by molar-refractivity contribution is 6.39. The van der Waals surface area contributed by atoms with Crippen LogP contribution in [0.5, 0.6) is 0 Å². The topological polar surface area (TPSA) is 47.6 Å². The monoisotopic (exact) mass is 291 g/mol. The van der Waals surface area contributed by atoms with Crippen LogP contribution in [0.2, 0.25) is 10.0 Å². The zero-order valence-corrected chi connectivity index (χ0v) is 11.6. The van der Waals surface area contributed by atoms with Gasteiger partial charge in [0, 0.05) is 6.54 Å². The summed E-state index contributed by atoms with van der Waals surface area (Å²) in [7, 11) is 0. The van der Waals surface area contributed by atoms with E-state index in [1.54, 1.807) is 25.1 Å². The average Bonchev–Trinajstić information content (AvgIpc) is 2.32. The summed E-state index contributed by atoms with van der Waals surface area (Å²) in [5.74, 6) is -0.367. The van der Waals surface area contributed by atoms with E-state index in [1.165, 1.54) is 0 Å². The smallest absolute Gasteiger partial charge is 0.332 e. The molecule has 100 valence electrons. The zero-order chi connectivity index (χ0) is 13.4. The molecule has 0 saturated heterocycles. The molecule has 1 rings (SSSR count). The largest absolute Gasteiger partial charge is 0.464 e. The molecular formula is C12H15Cl2NO3. The van der Waals surface area contributed by atoms with E-state index in [0.717, 1.165) is 0 Å². The van der Waals surface area contributed by atoms with Gasteiger partial charge in [0.05, 0.1) is 28.9 Å². The molecule has 6 heteroatoms. The normalized spacial score (nSPS) is 10.2. The fourth-order valence-electron chi connectivity index (χ4n) is 1.27. The lowest BCUT2D eigenvalue weighted by atomic mass is 10.3. The van der Waals surface area contributed by atoms with Crippen LogP contribution in [-0.4, -0.2) is 32.3 Å². The van der Waals surface area contributed by atoms with Crippen molar-refractivity contribution in [2.75, 3.05) is 31.7 Å². The van der Waals surface area contributed by atoms with Crippen LogP contribution >= 0.6 is 23.2 Å². The Bertz CT molecular complexity index is 379. The molecule has 0 radical (unpaired) electrons. The lowest BCUT2D eigenvalue weighted by Gasteiger charge is -2.10. The number of para-hydroxylation sites is 1. The van der Waals surface area contributed by atoms with E-state index in [-0.39, 0.29) is 12.6 Å². The van der Waals surface area contributed by atoms with Crippen molar-refractivity contribution in [2.45, 2.75) is 6.92 Å². The highest BCUT2D eigenvalue weighted by Gasteiger charge is 2.04. The summed E-state index contributed by atoms with van der Waals surface area (Å²) in [6, 6.07) is 5.26. The number of hydrogen-bond donors (Lipinski definition) is 1. The Labute approximate surface area is 116 Å². The lowest BCUT2D eigenvalue weighted by molar-refractivity contribution is -0.148. The molecule has 4 nitrogen and oxygen atoms in total. The first-order valence-electron chi connectivity index (χ1n) is 5.56. The van der Waals surface area contributed by atoms with Crippen LogP contribution in [0.1, 0.15) is 6.92 Å². The Morgan fingerprint density at radius 3 is 2.61 bits per heavy atom. The maximum atomic E-state index is 11.0. The summed E-state index contributed by atoms with van der Waals surface area (Å²) in [4.78, 5) is 11.0. The van der Waals surface area contributed by atoms with Crippen LogP contribution in [0.3, 0.4) is 0 Å². The van der Waals surface area contributed by atoms with E-state index in [2.05, 4.69) is 5.32 Å².